The number of methoxy groups -OCH3 is 1. The summed E-state index contributed by atoms with van der Waals surface area (Å²) in [7, 11) is 3.05. The number of likely N-dealkylation sites (tertiary alicyclic amines) is 1. The van der Waals surface area contributed by atoms with Gasteiger partial charge in [0.05, 0.1) is 30.7 Å². The quantitative estimate of drug-likeness (QED) is 0.403. The van der Waals surface area contributed by atoms with Crippen molar-refractivity contribution >= 4 is 22.5 Å². The van der Waals surface area contributed by atoms with E-state index in [-0.39, 0.29) is 30.6 Å². The van der Waals surface area contributed by atoms with Crippen molar-refractivity contribution in [2.24, 2.45) is 0 Å². The number of alkyl halides is 5. The summed E-state index contributed by atoms with van der Waals surface area (Å²) in [5.41, 5.74) is 2.46. The minimum absolute atomic E-state index is 0.00921. The van der Waals surface area contributed by atoms with Crippen LogP contribution in [-0.2, 0) is 6.54 Å². The summed E-state index contributed by atoms with van der Waals surface area (Å²) >= 11 is 0. The first-order valence-electron chi connectivity index (χ1n) is 11.3. The lowest BCUT2D eigenvalue weighted by molar-refractivity contribution is -0.140. The molecule has 36 heavy (non-hydrogen) atoms. The van der Waals surface area contributed by atoms with Crippen LogP contribution < -0.4 is 10.1 Å². The van der Waals surface area contributed by atoms with Crippen LogP contribution in [0.5, 0.6) is 5.88 Å². The zero-order valence-corrected chi connectivity index (χ0v) is 19.8. The number of halogens is 5. The fourth-order valence-corrected chi connectivity index (χ4v) is 4.66. The normalized spacial score (nSPS) is 18.7. The number of fused-ring (bicyclic) bond motifs is 2. The second-order valence-corrected chi connectivity index (χ2v) is 9.02. The summed E-state index contributed by atoms with van der Waals surface area (Å²) in [4.78, 5) is 10.1. The average Bonchev–Trinajstić information content (AvgIpc) is 3.34. The van der Waals surface area contributed by atoms with E-state index in [1.165, 1.54) is 18.5 Å². The zero-order chi connectivity index (χ0) is 25.8. The first-order valence-corrected chi connectivity index (χ1v) is 11.3. The van der Waals surface area contributed by atoms with E-state index in [0.717, 1.165) is 4.57 Å². The monoisotopic (exact) mass is 509 g/mol. The predicted molar refractivity (Wildman–Crippen MR) is 124 cm³/mol. The van der Waals surface area contributed by atoms with Crippen LogP contribution in [-0.4, -0.2) is 74.4 Å². The van der Waals surface area contributed by atoms with Gasteiger partial charge in [0.15, 0.2) is 0 Å². The molecular formula is C23H24F5N7O. The van der Waals surface area contributed by atoms with Crippen LogP contribution in [0, 0.1) is 6.92 Å². The summed E-state index contributed by atoms with van der Waals surface area (Å²) < 4.78 is 76.5. The van der Waals surface area contributed by atoms with E-state index in [2.05, 4.69) is 20.4 Å². The van der Waals surface area contributed by atoms with E-state index >= 15 is 0 Å². The van der Waals surface area contributed by atoms with Gasteiger partial charge in [-0.3, -0.25) is 0 Å². The molecule has 13 heteroatoms. The van der Waals surface area contributed by atoms with Crippen LogP contribution in [0.15, 0.2) is 30.5 Å². The molecule has 1 N–H and O–H groups in total. The summed E-state index contributed by atoms with van der Waals surface area (Å²) in [6.07, 6.45) is -2.56. The molecule has 1 atom stereocenters. The molecule has 0 radical (unpaired) electrons. The van der Waals surface area contributed by atoms with Crippen LogP contribution in [0.1, 0.15) is 12.2 Å². The molecule has 1 aliphatic heterocycles. The Bertz CT molecular complexity index is 1430. The van der Waals surface area contributed by atoms with Gasteiger partial charge in [0.25, 0.3) is 5.92 Å². The third kappa shape index (κ3) is 4.43. The van der Waals surface area contributed by atoms with Gasteiger partial charge in [-0.2, -0.15) is 18.2 Å². The minimum atomic E-state index is -4.40. The molecule has 4 aromatic rings. The SMILES string of the molecule is COc1nc(N[C@@H]2CCN(C)CC2(F)F)nn2ccc(-c3ccc4nc(C)n(CC(F)(F)F)c4c3)c12. The van der Waals surface area contributed by atoms with Crippen molar-refractivity contribution in [3.8, 4) is 17.0 Å². The lowest BCUT2D eigenvalue weighted by Gasteiger charge is -2.36. The Balaban J connectivity index is 1.54. The molecule has 192 valence electrons. The number of rotatable bonds is 5. The van der Waals surface area contributed by atoms with Crippen LogP contribution in [0.3, 0.4) is 0 Å². The van der Waals surface area contributed by atoms with Crippen molar-refractivity contribution in [3.05, 3.63) is 36.3 Å². The number of benzene rings is 1. The van der Waals surface area contributed by atoms with Gasteiger partial charge < -0.3 is 19.5 Å². The van der Waals surface area contributed by atoms with E-state index in [1.54, 1.807) is 42.4 Å². The third-order valence-corrected chi connectivity index (χ3v) is 6.35. The Hall–Kier alpha value is -3.48. The highest BCUT2D eigenvalue weighted by molar-refractivity contribution is 5.89. The van der Waals surface area contributed by atoms with Crippen molar-refractivity contribution in [2.45, 2.75) is 38.0 Å². The topological polar surface area (TPSA) is 72.5 Å². The fourth-order valence-electron chi connectivity index (χ4n) is 4.66. The molecule has 0 aliphatic carbocycles. The van der Waals surface area contributed by atoms with E-state index in [4.69, 9.17) is 4.74 Å². The Morgan fingerprint density at radius 3 is 2.67 bits per heavy atom. The fraction of sp³-hybridized carbons (Fsp3) is 0.435. The van der Waals surface area contributed by atoms with E-state index in [0.29, 0.717) is 34.2 Å². The van der Waals surface area contributed by atoms with Gasteiger partial charge >= 0.3 is 6.18 Å². The first kappa shape index (κ1) is 24.2. The maximum atomic E-state index is 14.5. The Morgan fingerprint density at radius 2 is 1.97 bits per heavy atom. The lowest BCUT2D eigenvalue weighted by Crippen LogP contribution is -2.53. The summed E-state index contributed by atoms with van der Waals surface area (Å²) in [5.74, 6) is -2.58. The summed E-state index contributed by atoms with van der Waals surface area (Å²) in [6.45, 7) is 0.508. The van der Waals surface area contributed by atoms with Crippen molar-refractivity contribution in [3.63, 3.8) is 0 Å². The molecule has 3 aromatic heterocycles. The van der Waals surface area contributed by atoms with Gasteiger partial charge in [0.2, 0.25) is 11.8 Å². The molecule has 0 unspecified atom stereocenters. The number of piperidine rings is 1. The number of ether oxygens (including phenoxy) is 1. The highest BCUT2D eigenvalue weighted by Gasteiger charge is 2.44. The maximum absolute atomic E-state index is 14.5. The summed E-state index contributed by atoms with van der Waals surface area (Å²) in [5, 5.41) is 7.09. The highest BCUT2D eigenvalue weighted by Crippen LogP contribution is 2.35. The molecule has 1 aromatic carbocycles. The van der Waals surface area contributed by atoms with Gasteiger partial charge in [-0.15, -0.1) is 5.10 Å². The number of aryl methyl sites for hydroxylation is 1. The number of anilines is 1. The largest absolute Gasteiger partial charge is 0.479 e. The molecule has 0 bridgehead atoms. The van der Waals surface area contributed by atoms with Crippen molar-refractivity contribution < 1.29 is 26.7 Å². The number of nitrogens with one attached hydrogen (secondary N) is 1. The smallest absolute Gasteiger partial charge is 0.406 e. The third-order valence-electron chi connectivity index (χ3n) is 6.35. The number of hydrogen-bond donors (Lipinski definition) is 1. The Labute approximate surface area is 202 Å². The summed E-state index contributed by atoms with van der Waals surface area (Å²) in [6, 6.07) is 5.61. The standard InChI is InChI=1S/C23H24F5N7O/c1-13-29-16-5-4-14(10-17(16)34(13)12-23(26,27)28)15-6-9-35-19(15)20(36-3)31-21(32-35)30-18-7-8-33(2)11-22(18,24)25/h4-6,9-10,18H,7-8,11-12H2,1-3H3,(H,30,32)/t18-/m1/s1. The molecule has 1 aliphatic rings. The van der Waals surface area contributed by atoms with Crippen molar-refractivity contribution in [1.29, 1.82) is 0 Å². The zero-order valence-electron chi connectivity index (χ0n) is 19.8. The molecule has 0 spiro atoms. The number of hydrogen-bond acceptors (Lipinski definition) is 6. The maximum Gasteiger partial charge on any atom is 0.406 e. The number of aromatic nitrogens is 5. The molecule has 5 rings (SSSR count). The average molecular weight is 509 g/mol. The molecule has 0 amide bonds. The Morgan fingerprint density at radius 1 is 1.19 bits per heavy atom. The van der Waals surface area contributed by atoms with Crippen LogP contribution in [0.25, 0.3) is 27.7 Å². The van der Waals surface area contributed by atoms with Gasteiger partial charge in [-0.1, -0.05) is 6.07 Å². The highest BCUT2D eigenvalue weighted by atomic mass is 19.4. The molecule has 8 nitrogen and oxygen atoms in total. The minimum Gasteiger partial charge on any atom is -0.479 e. The number of imidazole rings is 1. The predicted octanol–water partition coefficient (Wildman–Crippen LogP) is 4.38. The van der Waals surface area contributed by atoms with Crippen molar-refractivity contribution in [1.82, 2.24) is 29.0 Å². The van der Waals surface area contributed by atoms with Gasteiger partial charge in [0.1, 0.15) is 17.9 Å². The van der Waals surface area contributed by atoms with E-state index in [9.17, 15) is 22.0 Å². The second-order valence-electron chi connectivity index (χ2n) is 9.02. The first-order chi connectivity index (χ1) is 16.9. The van der Waals surface area contributed by atoms with Crippen LogP contribution in [0.2, 0.25) is 0 Å². The van der Waals surface area contributed by atoms with Crippen molar-refractivity contribution in [2.75, 3.05) is 32.6 Å². The van der Waals surface area contributed by atoms with E-state index < -0.39 is 24.7 Å². The lowest BCUT2D eigenvalue weighted by atomic mass is 10.0. The molecule has 0 saturated carbocycles. The van der Waals surface area contributed by atoms with Gasteiger partial charge in [-0.25, -0.2) is 18.3 Å². The molecular weight excluding hydrogens is 485 g/mol. The molecule has 4 heterocycles. The van der Waals surface area contributed by atoms with Crippen LogP contribution >= 0.6 is 0 Å². The molecule has 1 fully saturated rings. The van der Waals surface area contributed by atoms with Crippen LogP contribution in [0.4, 0.5) is 27.9 Å². The van der Waals surface area contributed by atoms with Gasteiger partial charge in [0, 0.05) is 18.3 Å². The second kappa shape index (κ2) is 8.57. The number of nitrogens with zero attached hydrogens (tertiary/aromatic N) is 6. The van der Waals surface area contributed by atoms with E-state index in [1.807, 2.05) is 0 Å². The molecule has 1 saturated heterocycles. The van der Waals surface area contributed by atoms with Gasteiger partial charge in [-0.05, 0) is 44.2 Å². The Kier molecular flexibility index (Phi) is 5.77.